The molecule has 2 aromatic rings. The molecule has 24 heavy (non-hydrogen) atoms. The van der Waals surface area contributed by atoms with E-state index >= 15 is 0 Å². The van der Waals surface area contributed by atoms with E-state index in [1.165, 1.54) is 4.90 Å². The lowest BCUT2D eigenvalue weighted by Gasteiger charge is -2.21. The van der Waals surface area contributed by atoms with Gasteiger partial charge in [-0.15, -0.1) is 0 Å². The Morgan fingerprint density at radius 2 is 2.08 bits per heavy atom. The number of hydrogen-bond acceptors (Lipinski definition) is 3. The molecule has 1 atom stereocenters. The number of carboxylic acid groups (broad SMARTS) is 1. The van der Waals surface area contributed by atoms with Crippen molar-refractivity contribution in [3.8, 4) is 0 Å². The third-order valence-corrected chi connectivity index (χ3v) is 4.41. The van der Waals surface area contributed by atoms with Gasteiger partial charge in [0.05, 0.1) is 12.2 Å². The zero-order valence-electron chi connectivity index (χ0n) is 13.9. The number of aliphatic carboxylic acids is 1. The number of nitrogens with zero attached hydrogens (tertiary/aromatic N) is 3. The van der Waals surface area contributed by atoms with Gasteiger partial charge in [0, 0.05) is 17.8 Å². The molecule has 0 saturated carbocycles. The van der Waals surface area contributed by atoms with E-state index in [1.54, 1.807) is 6.07 Å². The van der Waals surface area contributed by atoms with Crippen molar-refractivity contribution in [1.82, 2.24) is 14.7 Å². The number of carboxylic acids is 1. The summed E-state index contributed by atoms with van der Waals surface area (Å²) in [4.78, 5) is 25.4. The van der Waals surface area contributed by atoms with Crippen molar-refractivity contribution < 1.29 is 14.7 Å². The van der Waals surface area contributed by atoms with Crippen LogP contribution in [0.2, 0.25) is 0 Å². The number of carbonyl (C=O) groups excluding carboxylic acids is 1. The highest BCUT2D eigenvalue weighted by Gasteiger charge is 2.34. The number of likely N-dealkylation sites (tertiary alicyclic amines) is 1. The Kier molecular flexibility index (Phi) is 4.38. The zero-order valence-corrected chi connectivity index (χ0v) is 13.9. The molecule has 1 aliphatic heterocycles. The van der Waals surface area contributed by atoms with E-state index in [0.717, 1.165) is 23.4 Å². The second kappa shape index (κ2) is 6.47. The zero-order chi connectivity index (χ0) is 17.3. The lowest BCUT2D eigenvalue weighted by atomic mass is 10.1. The summed E-state index contributed by atoms with van der Waals surface area (Å²) in [6.45, 7) is 5.03. The maximum atomic E-state index is 12.7. The van der Waals surface area contributed by atoms with Gasteiger partial charge < -0.3 is 10.0 Å². The average Bonchev–Trinajstić information content (AvgIpc) is 3.14. The molecule has 0 bridgehead atoms. The lowest BCUT2D eigenvalue weighted by molar-refractivity contribution is -0.141. The van der Waals surface area contributed by atoms with Crippen molar-refractivity contribution >= 4 is 11.9 Å². The predicted octanol–water partition coefficient (Wildman–Crippen LogP) is 2.24. The molecule has 1 saturated heterocycles. The van der Waals surface area contributed by atoms with Crippen LogP contribution in [0.15, 0.2) is 30.3 Å². The van der Waals surface area contributed by atoms with Gasteiger partial charge in [-0.25, -0.2) is 4.79 Å². The molecule has 6 heteroatoms. The first-order valence-electron chi connectivity index (χ1n) is 8.09. The summed E-state index contributed by atoms with van der Waals surface area (Å²) in [5.41, 5.74) is 3.52. The summed E-state index contributed by atoms with van der Waals surface area (Å²) in [6, 6.07) is 8.65. The van der Waals surface area contributed by atoms with Crippen LogP contribution in [0.5, 0.6) is 0 Å². The van der Waals surface area contributed by atoms with Crippen LogP contribution in [-0.2, 0) is 11.3 Å². The van der Waals surface area contributed by atoms with Crippen LogP contribution in [0.25, 0.3) is 0 Å². The summed E-state index contributed by atoms with van der Waals surface area (Å²) in [5, 5.41) is 13.7. The quantitative estimate of drug-likeness (QED) is 0.934. The molecule has 2 heterocycles. The smallest absolute Gasteiger partial charge is 0.326 e. The Morgan fingerprint density at radius 3 is 2.75 bits per heavy atom. The number of amides is 1. The van der Waals surface area contributed by atoms with E-state index in [4.69, 9.17) is 0 Å². The standard InChI is InChI=1S/C18H21N3O3/c1-12-9-13(2)21(19-12)11-14-5-3-6-15(10-14)17(22)20-8-4-7-16(20)18(23)24/h3,5-6,9-10,16H,4,7-8,11H2,1-2H3,(H,23,24)/t16-/m1/s1. The number of aromatic nitrogens is 2. The van der Waals surface area contributed by atoms with Crippen LogP contribution in [-0.4, -0.2) is 44.3 Å². The van der Waals surface area contributed by atoms with E-state index < -0.39 is 12.0 Å². The second-order valence-corrected chi connectivity index (χ2v) is 6.28. The van der Waals surface area contributed by atoms with Gasteiger partial charge in [0.15, 0.2) is 0 Å². The van der Waals surface area contributed by atoms with E-state index in [2.05, 4.69) is 5.10 Å². The van der Waals surface area contributed by atoms with Crippen molar-refractivity contribution in [2.45, 2.75) is 39.3 Å². The van der Waals surface area contributed by atoms with Crippen molar-refractivity contribution in [1.29, 1.82) is 0 Å². The predicted molar refractivity (Wildman–Crippen MR) is 88.9 cm³/mol. The van der Waals surface area contributed by atoms with Gasteiger partial charge in [-0.1, -0.05) is 12.1 Å². The Balaban J connectivity index is 1.81. The van der Waals surface area contributed by atoms with Gasteiger partial charge in [0.1, 0.15) is 6.04 Å². The van der Waals surface area contributed by atoms with Crippen LogP contribution in [0.4, 0.5) is 0 Å². The first kappa shape index (κ1) is 16.2. The molecular formula is C18H21N3O3. The minimum absolute atomic E-state index is 0.213. The van der Waals surface area contributed by atoms with Gasteiger partial charge in [0.25, 0.3) is 5.91 Å². The molecule has 6 nitrogen and oxygen atoms in total. The molecular weight excluding hydrogens is 306 g/mol. The van der Waals surface area contributed by atoms with E-state index in [1.807, 2.05) is 42.8 Å². The normalized spacial score (nSPS) is 17.2. The van der Waals surface area contributed by atoms with Crippen LogP contribution in [0, 0.1) is 13.8 Å². The molecule has 1 fully saturated rings. The molecule has 0 radical (unpaired) electrons. The largest absolute Gasteiger partial charge is 0.480 e. The van der Waals surface area contributed by atoms with E-state index in [-0.39, 0.29) is 5.91 Å². The highest BCUT2D eigenvalue weighted by atomic mass is 16.4. The fourth-order valence-corrected chi connectivity index (χ4v) is 3.24. The SMILES string of the molecule is Cc1cc(C)n(Cc2cccc(C(=O)N3CCC[C@@H]3C(=O)O)c2)n1. The third-order valence-electron chi connectivity index (χ3n) is 4.41. The molecule has 1 aliphatic rings. The van der Waals surface area contributed by atoms with Crippen molar-refractivity contribution in [2.24, 2.45) is 0 Å². The van der Waals surface area contributed by atoms with Crippen molar-refractivity contribution in [3.63, 3.8) is 0 Å². The first-order valence-corrected chi connectivity index (χ1v) is 8.09. The van der Waals surface area contributed by atoms with Gasteiger partial charge in [-0.2, -0.15) is 5.10 Å². The Hall–Kier alpha value is -2.63. The summed E-state index contributed by atoms with van der Waals surface area (Å²) in [6.07, 6.45) is 1.25. The molecule has 3 rings (SSSR count). The minimum atomic E-state index is -0.931. The van der Waals surface area contributed by atoms with Crippen LogP contribution < -0.4 is 0 Å². The summed E-state index contributed by atoms with van der Waals surface area (Å²) in [7, 11) is 0. The number of rotatable bonds is 4. The highest BCUT2D eigenvalue weighted by Crippen LogP contribution is 2.21. The number of benzene rings is 1. The van der Waals surface area contributed by atoms with Gasteiger partial charge in [0.2, 0.25) is 0 Å². The van der Waals surface area contributed by atoms with E-state index in [0.29, 0.717) is 25.1 Å². The molecule has 1 aromatic heterocycles. The van der Waals surface area contributed by atoms with Gasteiger partial charge in [-0.05, 0) is 50.5 Å². The monoisotopic (exact) mass is 327 g/mol. The summed E-state index contributed by atoms with van der Waals surface area (Å²) >= 11 is 0. The average molecular weight is 327 g/mol. The molecule has 126 valence electrons. The molecule has 1 N–H and O–H groups in total. The topological polar surface area (TPSA) is 75.4 Å². The van der Waals surface area contributed by atoms with E-state index in [9.17, 15) is 14.7 Å². The third kappa shape index (κ3) is 3.18. The Labute approximate surface area is 140 Å². The van der Waals surface area contributed by atoms with Gasteiger partial charge >= 0.3 is 5.97 Å². The number of aryl methyl sites for hydroxylation is 2. The highest BCUT2D eigenvalue weighted by molar-refractivity contribution is 5.97. The number of carbonyl (C=O) groups is 2. The lowest BCUT2D eigenvalue weighted by Crippen LogP contribution is -2.40. The molecule has 0 spiro atoms. The fourth-order valence-electron chi connectivity index (χ4n) is 3.24. The van der Waals surface area contributed by atoms with Crippen molar-refractivity contribution in [2.75, 3.05) is 6.54 Å². The maximum Gasteiger partial charge on any atom is 0.326 e. The van der Waals surface area contributed by atoms with Gasteiger partial charge in [-0.3, -0.25) is 9.48 Å². The van der Waals surface area contributed by atoms with Crippen LogP contribution in [0.3, 0.4) is 0 Å². The summed E-state index contributed by atoms with van der Waals surface area (Å²) in [5.74, 6) is -1.14. The fraction of sp³-hybridized carbons (Fsp3) is 0.389. The molecule has 1 amide bonds. The molecule has 1 aromatic carbocycles. The minimum Gasteiger partial charge on any atom is -0.480 e. The molecule has 0 unspecified atom stereocenters. The second-order valence-electron chi connectivity index (χ2n) is 6.28. The van der Waals surface area contributed by atoms with Crippen LogP contribution >= 0.6 is 0 Å². The van der Waals surface area contributed by atoms with Crippen LogP contribution in [0.1, 0.15) is 40.2 Å². The Morgan fingerprint density at radius 1 is 1.29 bits per heavy atom. The Bertz CT molecular complexity index is 782. The summed E-state index contributed by atoms with van der Waals surface area (Å²) < 4.78 is 1.90. The maximum absolute atomic E-state index is 12.7. The first-order chi connectivity index (χ1) is 11.5. The number of hydrogen-bond donors (Lipinski definition) is 1. The molecule has 0 aliphatic carbocycles. The van der Waals surface area contributed by atoms with Crippen molar-refractivity contribution in [3.05, 3.63) is 52.8 Å².